The Morgan fingerprint density at radius 3 is 2.38 bits per heavy atom. The van der Waals surface area contributed by atoms with Crippen LogP contribution >= 0.6 is 0 Å². The van der Waals surface area contributed by atoms with Crippen molar-refractivity contribution in [3.8, 4) is 0 Å². The molecule has 0 aliphatic heterocycles. The van der Waals surface area contributed by atoms with E-state index in [9.17, 15) is 9.59 Å². The third kappa shape index (κ3) is 2.97. The van der Waals surface area contributed by atoms with Gasteiger partial charge in [0.25, 0.3) is 0 Å². The van der Waals surface area contributed by atoms with E-state index in [1.54, 1.807) is 0 Å². The van der Waals surface area contributed by atoms with Crippen molar-refractivity contribution in [1.82, 2.24) is 5.32 Å². The van der Waals surface area contributed by atoms with Gasteiger partial charge < -0.3 is 10.4 Å². The zero-order valence-electron chi connectivity index (χ0n) is 10.1. The SMILES string of the molecule is CCC(CNC(=O)C1(C)CCCC1)C(=O)O. The molecule has 1 saturated carbocycles. The van der Waals surface area contributed by atoms with Gasteiger partial charge in [-0.3, -0.25) is 9.59 Å². The standard InChI is InChI=1S/C12H21NO3/c1-3-9(10(14)15)8-13-11(16)12(2)6-4-5-7-12/h9H,3-8H2,1-2H3,(H,13,16)(H,14,15). The highest BCUT2D eigenvalue weighted by molar-refractivity contribution is 5.83. The smallest absolute Gasteiger partial charge is 0.308 e. The van der Waals surface area contributed by atoms with E-state index in [2.05, 4.69) is 5.32 Å². The largest absolute Gasteiger partial charge is 0.481 e. The topological polar surface area (TPSA) is 66.4 Å². The molecule has 92 valence electrons. The number of carboxylic acid groups (broad SMARTS) is 1. The van der Waals surface area contributed by atoms with E-state index < -0.39 is 11.9 Å². The number of carbonyl (C=O) groups is 2. The van der Waals surface area contributed by atoms with Crippen LogP contribution in [-0.4, -0.2) is 23.5 Å². The monoisotopic (exact) mass is 227 g/mol. The van der Waals surface area contributed by atoms with Gasteiger partial charge in [0.15, 0.2) is 0 Å². The lowest BCUT2D eigenvalue weighted by Crippen LogP contribution is -2.40. The molecule has 1 rings (SSSR count). The molecule has 1 amide bonds. The fourth-order valence-corrected chi connectivity index (χ4v) is 2.22. The molecule has 0 spiro atoms. The molecule has 2 N–H and O–H groups in total. The number of hydrogen-bond donors (Lipinski definition) is 2. The highest BCUT2D eigenvalue weighted by atomic mass is 16.4. The molecule has 0 heterocycles. The van der Waals surface area contributed by atoms with Crippen LogP contribution in [0.1, 0.15) is 46.0 Å². The summed E-state index contributed by atoms with van der Waals surface area (Å²) < 4.78 is 0. The predicted octanol–water partition coefficient (Wildman–Crippen LogP) is 1.79. The molecule has 1 aliphatic carbocycles. The summed E-state index contributed by atoms with van der Waals surface area (Å²) in [7, 11) is 0. The first-order chi connectivity index (χ1) is 7.49. The number of aliphatic carboxylic acids is 1. The summed E-state index contributed by atoms with van der Waals surface area (Å²) in [6, 6.07) is 0. The number of hydrogen-bond acceptors (Lipinski definition) is 2. The van der Waals surface area contributed by atoms with Gasteiger partial charge in [0.2, 0.25) is 5.91 Å². The lowest BCUT2D eigenvalue weighted by Gasteiger charge is -2.23. The van der Waals surface area contributed by atoms with Crippen LogP contribution < -0.4 is 5.32 Å². The lowest BCUT2D eigenvalue weighted by atomic mass is 9.87. The Kier molecular flexibility index (Phi) is 4.33. The summed E-state index contributed by atoms with van der Waals surface area (Å²) in [5, 5.41) is 11.6. The number of carboxylic acids is 1. The van der Waals surface area contributed by atoms with Gasteiger partial charge in [0.1, 0.15) is 0 Å². The third-order valence-corrected chi connectivity index (χ3v) is 3.61. The van der Waals surface area contributed by atoms with E-state index >= 15 is 0 Å². The lowest BCUT2D eigenvalue weighted by molar-refractivity contribution is -0.142. The minimum absolute atomic E-state index is 0.0182. The van der Waals surface area contributed by atoms with E-state index in [-0.39, 0.29) is 17.9 Å². The van der Waals surface area contributed by atoms with Crippen LogP contribution in [0.5, 0.6) is 0 Å². The van der Waals surface area contributed by atoms with E-state index in [1.807, 2.05) is 13.8 Å². The van der Waals surface area contributed by atoms with E-state index in [4.69, 9.17) is 5.11 Å². The normalized spacial score (nSPS) is 20.4. The Bertz CT molecular complexity index is 269. The van der Waals surface area contributed by atoms with Crippen molar-refractivity contribution in [3.05, 3.63) is 0 Å². The number of carbonyl (C=O) groups excluding carboxylic acids is 1. The van der Waals surface area contributed by atoms with E-state index in [0.717, 1.165) is 25.7 Å². The zero-order valence-corrected chi connectivity index (χ0v) is 10.1. The maximum absolute atomic E-state index is 11.9. The number of rotatable bonds is 5. The van der Waals surface area contributed by atoms with Gasteiger partial charge in [-0.2, -0.15) is 0 Å². The van der Waals surface area contributed by atoms with Gasteiger partial charge in [-0.25, -0.2) is 0 Å². The van der Waals surface area contributed by atoms with Gasteiger partial charge in [-0.05, 0) is 19.3 Å². The summed E-state index contributed by atoms with van der Waals surface area (Å²) in [4.78, 5) is 22.7. The second kappa shape index (κ2) is 5.32. The molecular formula is C12H21NO3. The molecule has 1 aliphatic rings. The first-order valence-corrected chi connectivity index (χ1v) is 6.00. The maximum atomic E-state index is 11.9. The minimum atomic E-state index is -0.834. The van der Waals surface area contributed by atoms with Crippen molar-refractivity contribution in [2.24, 2.45) is 11.3 Å². The van der Waals surface area contributed by atoms with Gasteiger partial charge in [-0.15, -0.1) is 0 Å². The molecule has 0 aromatic carbocycles. The van der Waals surface area contributed by atoms with Crippen LogP contribution in [-0.2, 0) is 9.59 Å². The van der Waals surface area contributed by atoms with Crippen molar-refractivity contribution >= 4 is 11.9 Å². The first kappa shape index (κ1) is 13.0. The molecule has 0 radical (unpaired) electrons. The van der Waals surface area contributed by atoms with Crippen molar-refractivity contribution < 1.29 is 14.7 Å². The summed E-state index contributed by atoms with van der Waals surface area (Å²) in [5.41, 5.74) is -0.267. The Morgan fingerprint density at radius 2 is 1.94 bits per heavy atom. The summed E-state index contributed by atoms with van der Waals surface area (Å²) in [5.74, 6) is -1.28. The molecule has 0 aromatic rings. The van der Waals surface area contributed by atoms with Gasteiger partial charge >= 0.3 is 5.97 Å². The molecule has 0 saturated heterocycles. The zero-order chi connectivity index (χ0) is 12.2. The summed E-state index contributed by atoms with van der Waals surface area (Å²) in [6.07, 6.45) is 4.58. The minimum Gasteiger partial charge on any atom is -0.481 e. The first-order valence-electron chi connectivity index (χ1n) is 6.00. The van der Waals surface area contributed by atoms with Crippen LogP contribution in [0.25, 0.3) is 0 Å². The number of nitrogens with one attached hydrogen (secondary N) is 1. The third-order valence-electron chi connectivity index (χ3n) is 3.61. The molecule has 1 unspecified atom stereocenters. The molecule has 1 fully saturated rings. The predicted molar refractivity (Wildman–Crippen MR) is 61.0 cm³/mol. The van der Waals surface area contributed by atoms with Crippen molar-refractivity contribution in [2.45, 2.75) is 46.0 Å². The fraction of sp³-hybridized carbons (Fsp3) is 0.833. The van der Waals surface area contributed by atoms with E-state index in [0.29, 0.717) is 6.42 Å². The van der Waals surface area contributed by atoms with Gasteiger partial charge in [0, 0.05) is 12.0 Å². The molecule has 16 heavy (non-hydrogen) atoms. The highest BCUT2D eigenvalue weighted by Crippen LogP contribution is 2.37. The Balaban J connectivity index is 2.42. The van der Waals surface area contributed by atoms with Gasteiger partial charge in [-0.1, -0.05) is 26.7 Å². The van der Waals surface area contributed by atoms with Crippen LogP contribution in [0.2, 0.25) is 0 Å². The molecule has 0 aromatic heterocycles. The Labute approximate surface area is 96.4 Å². The highest BCUT2D eigenvalue weighted by Gasteiger charge is 2.36. The van der Waals surface area contributed by atoms with Crippen molar-refractivity contribution in [1.29, 1.82) is 0 Å². The van der Waals surface area contributed by atoms with Crippen molar-refractivity contribution in [2.75, 3.05) is 6.54 Å². The molecule has 4 heteroatoms. The molecule has 0 bridgehead atoms. The van der Waals surface area contributed by atoms with Gasteiger partial charge in [0.05, 0.1) is 5.92 Å². The van der Waals surface area contributed by atoms with Crippen LogP contribution in [0.4, 0.5) is 0 Å². The molecule has 1 atom stereocenters. The van der Waals surface area contributed by atoms with Crippen LogP contribution in [0, 0.1) is 11.3 Å². The van der Waals surface area contributed by atoms with E-state index in [1.165, 1.54) is 0 Å². The molecular weight excluding hydrogens is 206 g/mol. The summed E-state index contributed by atoms with van der Waals surface area (Å²) >= 11 is 0. The Morgan fingerprint density at radius 1 is 1.38 bits per heavy atom. The maximum Gasteiger partial charge on any atom is 0.308 e. The quantitative estimate of drug-likeness (QED) is 0.752. The summed E-state index contributed by atoms with van der Waals surface area (Å²) in [6.45, 7) is 4.04. The number of amides is 1. The average Bonchev–Trinajstić information content (AvgIpc) is 2.66. The van der Waals surface area contributed by atoms with Crippen LogP contribution in [0.3, 0.4) is 0 Å². The second-order valence-electron chi connectivity index (χ2n) is 4.92. The fourth-order valence-electron chi connectivity index (χ4n) is 2.22. The van der Waals surface area contributed by atoms with Crippen molar-refractivity contribution in [3.63, 3.8) is 0 Å². The van der Waals surface area contributed by atoms with Crippen LogP contribution in [0.15, 0.2) is 0 Å². The second-order valence-corrected chi connectivity index (χ2v) is 4.92. The molecule has 4 nitrogen and oxygen atoms in total. The average molecular weight is 227 g/mol. The Hall–Kier alpha value is -1.06.